The van der Waals surface area contributed by atoms with Crippen LogP contribution in [0.2, 0.25) is 0 Å². The molecule has 3 aromatic carbocycles. The number of nitrogens with one attached hydrogen (secondary N) is 2. The maximum atomic E-state index is 13.7. The second-order valence-electron chi connectivity index (χ2n) is 6.42. The lowest BCUT2D eigenvalue weighted by atomic mass is 9.91. The van der Waals surface area contributed by atoms with Gasteiger partial charge in [-0.3, -0.25) is 20.4 Å². The van der Waals surface area contributed by atoms with E-state index in [1.165, 1.54) is 25.1 Å². The molecule has 3 rings (SSSR count). The van der Waals surface area contributed by atoms with Crippen LogP contribution >= 0.6 is 0 Å². The van der Waals surface area contributed by atoms with Crippen molar-refractivity contribution in [3.63, 3.8) is 0 Å². The Hall–Kier alpha value is -3.67. The summed E-state index contributed by atoms with van der Waals surface area (Å²) >= 11 is 0. The third-order valence-corrected chi connectivity index (χ3v) is 4.35. The summed E-state index contributed by atoms with van der Waals surface area (Å²) in [6.45, 7) is 1.47. The van der Waals surface area contributed by atoms with Gasteiger partial charge in [0.15, 0.2) is 17.7 Å². The smallest absolute Gasteiger partial charge is 0.279 e. The Kier molecular flexibility index (Phi) is 6.58. The van der Waals surface area contributed by atoms with Crippen LogP contribution in [0, 0.1) is 5.82 Å². The molecule has 0 saturated carbocycles. The van der Waals surface area contributed by atoms with E-state index in [1.807, 2.05) is 60.7 Å². The third-order valence-electron chi connectivity index (χ3n) is 4.35. The van der Waals surface area contributed by atoms with Gasteiger partial charge in [-0.05, 0) is 30.2 Å². The molecule has 0 aliphatic heterocycles. The van der Waals surface area contributed by atoms with Crippen LogP contribution in [0.4, 0.5) is 4.39 Å². The lowest BCUT2D eigenvalue weighted by molar-refractivity contribution is -0.133. The molecule has 0 aliphatic carbocycles. The minimum Gasteiger partial charge on any atom is -0.478 e. The molecule has 0 saturated heterocycles. The van der Waals surface area contributed by atoms with Crippen molar-refractivity contribution >= 4 is 11.8 Å². The molecular weight excluding hydrogens is 371 g/mol. The highest BCUT2D eigenvalue weighted by atomic mass is 19.1. The van der Waals surface area contributed by atoms with Crippen LogP contribution in [-0.4, -0.2) is 17.9 Å². The molecule has 0 heterocycles. The molecule has 0 aromatic heterocycles. The average Bonchev–Trinajstić information content (AvgIpc) is 2.75. The van der Waals surface area contributed by atoms with E-state index in [2.05, 4.69) is 10.9 Å². The summed E-state index contributed by atoms with van der Waals surface area (Å²) in [6.07, 6.45) is -1.00. The van der Waals surface area contributed by atoms with E-state index in [-0.39, 0.29) is 5.75 Å². The number of rotatable bonds is 6. The van der Waals surface area contributed by atoms with E-state index in [9.17, 15) is 14.0 Å². The molecule has 5 nitrogen and oxygen atoms in total. The highest BCUT2D eigenvalue weighted by Gasteiger charge is 2.24. The number of para-hydroxylation sites is 1. The van der Waals surface area contributed by atoms with Crippen LogP contribution in [0.25, 0.3) is 0 Å². The standard InChI is InChI=1S/C23H21FN2O3/c1-16(29-20-15-9-8-14-19(20)24)22(27)25-26-23(28)21(17-10-4-2-5-11-17)18-12-6-3-7-13-18/h2-16,21H,1H3,(H,25,27)(H,26,28). The molecule has 0 bridgehead atoms. The van der Waals surface area contributed by atoms with E-state index in [1.54, 1.807) is 6.07 Å². The Bertz CT molecular complexity index is 925. The minimum absolute atomic E-state index is 0.0343. The van der Waals surface area contributed by atoms with E-state index >= 15 is 0 Å². The van der Waals surface area contributed by atoms with Gasteiger partial charge < -0.3 is 4.74 Å². The molecule has 0 fully saturated rings. The zero-order chi connectivity index (χ0) is 20.6. The van der Waals surface area contributed by atoms with Crippen molar-refractivity contribution < 1.29 is 18.7 Å². The van der Waals surface area contributed by atoms with Crippen LogP contribution in [0.15, 0.2) is 84.9 Å². The topological polar surface area (TPSA) is 67.4 Å². The van der Waals surface area contributed by atoms with Gasteiger partial charge in [-0.1, -0.05) is 72.8 Å². The summed E-state index contributed by atoms with van der Waals surface area (Å²) in [7, 11) is 0. The second-order valence-corrected chi connectivity index (χ2v) is 6.42. The Balaban J connectivity index is 1.67. The molecule has 6 heteroatoms. The summed E-state index contributed by atoms with van der Waals surface area (Å²) < 4.78 is 19.0. The molecule has 3 aromatic rings. The largest absolute Gasteiger partial charge is 0.478 e. The normalized spacial score (nSPS) is 11.6. The zero-order valence-electron chi connectivity index (χ0n) is 15.8. The summed E-state index contributed by atoms with van der Waals surface area (Å²) in [5.41, 5.74) is 6.39. The number of carbonyl (C=O) groups is 2. The van der Waals surface area contributed by atoms with Crippen LogP contribution in [0.5, 0.6) is 5.75 Å². The van der Waals surface area contributed by atoms with E-state index in [0.717, 1.165) is 11.1 Å². The minimum atomic E-state index is -1.00. The molecule has 1 atom stereocenters. The monoisotopic (exact) mass is 392 g/mol. The van der Waals surface area contributed by atoms with Crippen molar-refractivity contribution in [1.29, 1.82) is 0 Å². The van der Waals surface area contributed by atoms with Gasteiger partial charge in [0, 0.05) is 0 Å². The summed E-state index contributed by atoms with van der Waals surface area (Å²) in [5, 5.41) is 0. The van der Waals surface area contributed by atoms with Crippen LogP contribution in [0.1, 0.15) is 24.0 Å². The first-order valence-electron chi connectivity index (χ1n) is 9.17. The number of hydrazine groups is 1. The number of carbonyl (C=O) groups excluding carboxylic acids is 2. The van der Waals surface area contributed by atoms with E-state index in [0.29, 0.717) is 0 Å². The fraction of sp³-hybridized carbons (Fsp3) is 0.130. The molecule has 0 radical (unpaired) electrons. The Morgan fingerprint density at radius 3 is 1.79 bits per heavy atom. The Morgan fingerprint density at radius 2 is 1.24 bits per heavy atom. The van der Waals surface area contributed by atoms with Gasteiger partial charge in [-0.25, -0.2) is 4.39 Å². The van der Waals surface area contributed by atoms with Crippen LogP contribution in [0.3, 0.4) is 0 Å². The van der Waals surface area contributed by atoms with E-state index in [4.69, 9.17) is 4.74 Å². The van der Waals surface area contributed by atoms with Gasteiger partial charge in [0.05, 0.1) is 5.92 Å². The summed E-state index contributed by atoms with van der Waals surface area (Å²) in [4.78, 5) is 25.1. The first-order chi connectivity index (χ1) is 14.1. The quantitative estimate of drug-likeness (QED) is 0.630. The number of hydrogen-bond acceptors (Lipinski definition) is 3. The Labute approximate surface area is 168 Å². The predicted molar refractivity (Wildman–Crippen MR) is 108 cm³/mol. The van der Waals surface area contributed by atoms with Crippen molar-refractivity contribution in [2.24, 2.45) is 0 Å². The number of halogens is 1. The molecular formula is C23H21FN2O3. The molecule has 2 N–H and O–H groups in total. The maximum Gasteiger partial charge on any atom is 0.279 e. The van der Waals surface area contributed by atoms with Gasteiger partial charge in [-0.15, -0.1) is 0 Å². The van der Waals surface area contributed by atoms with Gasteiger partial charge >= 0.3 is 0 Å². The zero-order valence-corrected chi connectivity index (χ0v) is 15.8. The van der Waals surface area contributed by atoms with Crippen LogP contribution in [-0.2, 0) is 9.59 Å². The number of hydrogen-bond donors (Lipinski definition) is 2. The average molecular weight is 392 g/mol. The van der Waals surface area contributed by atoms with Gasteiger partial charge in [-0.2, -0.15) is 0 Å². The van der Waals surface area contributed by atoms with Crippen molar-refractivity contribution in [1.82, 2.24) is 10.9 Å². The lowest BCUT2D eigenvalue weighted by Crippen LogP contribution is -2.48. The van der Waals surface area contributed by atoms with Gasteiger partial charge in [0.2, 0.25) is 5.91 Å². The van der Waals surface area contributed by atoms with Crippen molar-refractivity contribution in [3.05, 3.63) is 102 Å². The number of ether oxygens (including phenoxy) is 1. The fourth-order valence-electron chi connectivity index (χ4n) is 2.87. The third kappa shape index (κ3) is 5.19. The van der Waals surface area contributed by atoms with Crippen molar-refractivity contribution in [2.45, 2.75) is 18.9 Å². The van der Waals surface area contributed by atoms with E-state index < -0.39 is 29.7 Å². The summed E-state index contributed by atoms with van der Waals surface area (Å²) in [6, 6.07) is 24.3. The molecule has 29 heavy (non-hydrogen) atoms. The SMILES string of the molecule is CC(Oc1ccccc1F)C(=O)NNC(=O)C(c1ccccc1)c1ccccc1. The molecule has 0 spiro atoms. The summed E-state index contributed by atoms with van der Waals surface area (Å²) in [5.74, 6) is -2.19. The first-order valence-corrected chi connectivity index (χ1v) is 9.17. The molecule has 2 amide bonds. The molecule has 0 aliphatic rings. The molecule has 1 unspecified atom stereocenters. The first kappa shape index (κ1) is 20.1. The highest BCUT2D eigenvalue weighted by Crippen LogP contribution is 2.24. The van der Waals surface area contributed by atoms with Gasteiger partial charge in [0.1, 0.15) is 0 Å². The predicted octanol–water partition coefficient (Wildman–Crippen LogP) is 3.57. The maximum absolute atomic E-state index is 13.7. The van der Waals surface area contributed by atoms with Crippen LogP contribution < -0.4 is 15.6 Å². The number of benzene rings is 3. The lowest BCUT2D eigenvalue weighted by Gasteiger charge is -2.20. The van der Waals surface area contributed by atoms with Crippen molar-refractivity contribution in [2.75, 3.05) is 0 Å². The number of amides is 2. The molecule has 148 valence electrons. The highest BCUT2D eigenvalue weighted by molar-refractivity contribution is 5.90. The Morgan fingerprint density at radius 1 is 0.759 bits per heavy atom. The fourth-order valence-corrected chi connectivity index (χ4v) is 2.87. The second kappa shape index (κ2) is 9.50. The van der Waals surface area contributed by atoms with Crippen molar-refractivity contribution in [3.8, 4) is 5.75 Å². The van der Waals surface area contributed by atoms with Gasteiger partial charge in [0.25, 0.3) is 5.91 Å².